The molecule has 1 aliphatic heterocycles. The molecule has 1 aliphatic rings. The van der Waals surface area contributed by atoms with Crippen molar-refractivity contribution in [2.75, 3.05) is 27.2 Å². The molecule has 1 saturated heterocycles. The van der Waals surface area contributed by atoms with Crippen molar-refractivity contribution < 1.29 is 4.79 Å². The minimum atomic E-state index is 0.129. The number of hydrogen-bond acceptors (Lipinski definition) is 3. The lowest BCUT2D eigenvalue weighted by Crippen LogP contribution is -2.34. The molecule has 0 saturated carbocycles. The van der Waals surface area contributed by atoms with Crippen LogP contribution in [0, 0.1) is 0 Å². The van der Waals surface area contributed by atoms with Gasteiger partial charge in [-0.15, -0.1) is 0 Å². The zero-order chi connectivity index (χ0) is 20.8. The Morgan fingerprint density at radius 3 is 2.63 bits per heavy atom. The van der Waals surface area contributed by atoms with Gasteiger partial charge < -0.3 is 9.80 Å². The first-order chi connectivity index (χ1) is 14.5. The number of amides is 1. The molecule has 30 heavy (non-hydrogen) atoms. The van der Waals surface area contributed by atoms with Gasteiger partial charge in [-0.05, 0) is 60.6 Å². The summed E-state index contributed by atoms with van der Waals surface area (Å²) in [6.45, 7) is 1.61. The number of likely N-dealkylation sites (tertiary alicyclic amines) is 1. The van der Waals surface area contributed by atoms with Gasteiger partial charge in [0.2, 0.25) is 0 Å². The van der Waals surface area contributed by atoms with Gasteiger partial charge in [-0.2, -0.15) is 5.10 Å². The standard InChI is InChI=1S/C25H26N4O/c1-27(2)19-12-13-29(16-19)25(30)23-10-9-20(21-6-4-5-7-22(21)23)17-8-11-24-18(14-17)15-26-28(24)3/h4-11,14-15,19H,12-13,16H2,1-3H3. The Morgan fingerprint density at radius 1 is 1.07 bits per heavy atom. The molecule has 1 unspecified atom stereocenters. The van der Waals surface area contributed by atoms with Crippen molar-refractivity contribution in [1.29, 1.82) is 0 Å². The monoisotopic (exact) mass is 398 g/mol. The summed E-state index contributed by atoms with van der Waals surface area (Å²) < 4.78 is 1.88. The molecule has 4 aromatic rings. The third-order valence-corrected chi connectivity index (χ3v) is 6.39. The first kappa shape index (κ1) is 18.8. The lowest BCUT2D eigenvalue weighted by Gasteiger charge is -2.21. The Balaban J connectivity index is 1.57. The molecule has 2 heterocycles. The van der Waals surface area contributed by atoms with Crippen molar-refractivity contribution in [3.05, 3.63) is 66.4 Å². The first-order valence-electron chi connectivity index (χ1n) is 10.4. The van der Waals surface area contributed by atoms with Crippen LogP contribution in [0.2, 0.25) is 0 Å². The molecule has 0 bridgehead atoms. The van der Waals surface area contributed by atoms with Gasteiger partial charge in [0.15, 0.2) is 0 Å². The Morgan fingerprint density at radius 2 is 1.87 bits per heavy atom. The lowest BCUT2D eigenvalue weighted by molar-refractivity contribution is 0.0785. The minimum absolute atomic E-state index is 0.129. The molecule has 5 rings (SSSR count). The second-order valence-corrected chi connectivity index (χ2v) is 8.41. The van der Waals surface area contributed by atoms with Crippen molar-refractivity contribution >= 4 is 27.6 Å². The van der Waals surface area contributed by atoms with Crippen LogP contribution in [0.25, 0.3) is 32.8 Å². The van der Waals surface area contributed by atoms with Crippen molar-refractivity contribution in [3.8, 4) is 11.1 Å². The number of rotatable bonds is 3. The molecule has 1 aromatic heterocycles. The van der Waals surface area contributed by atoms with Crippen LogP contribution in [0.3, 0.4) is 0 Å². The summed E-state index contributed by atoms with van der Waals surface area (Å²) in [7, 11) is 6.13. The topological polar surface area (TPSA) is 41.4 Å². The molecular weight excluding hydrogens is 372 g/mol. The molecule has 1 amide bonds. The summed E-state index contributed by atoms with van der Waals surface area (Å²) >= 11 is 0. The number of aryl methyl sites for hydroxylation is 1. The number of carbonyl (C=O) groups is 1. The summed E-state index contributed by atoms with van der Waals surface area (Å²) in [6, 6.07) is 19.2. The Kier molecular flexibility index (Phi) is 4.55. The second kappa shape index (κ2) is 7.26. The fourth-order valence-electron chi connectivity index (χ4n) is 4.59. The van der Waals surface area contributed by atoms with E-state index in [2.05, 4.69) is 60.5 Å². The van der Waals surface area contributed by atoms with Crippen molar-refractivity contribution in [2.45, 2.75) is 12.5 Å². The average molecular weight is 399 g/mol. The van der Waals surface area contributed by atoms with Crippen LogP contribution < -0.4 is 0 Å². The Bertz CT molecular complexity index is 1260. The summed E-state index contributed by atoms with van der Waals surface area (Å²) in [4.78, 5) is 17.6. The van der Waals surface area contributed by atoms with Crippen LogP contribution in [-0.4, -0.2) is 58.7 Å². The van der Waals surface area contributed by atoms with Crippen molar-refractivity contribution in [2.24, 2.45) is 7.05 Å². The quantitative estimate of drug-likeness (QED) is 0.520. The van der Waals surface area contributed by atoms with Crippen LogP contribution in [-0.2, 0) is 7.05 Å². The van der Waals surface area contributed by atoms with E-state index >= 15 is 0 Å². The summed E-state index contributed by atoms with van der Waals surface area (Å²) in [6.07, 6.45) is 2.92. The molecule has 3 aromatic carbocycles. The van der Waals surface area contributed by atoms with E-state index in [-0.39, 0.29) is 5.91 Å². The summed E-state index contributed by atoms with van der Waals surface area (Å²) in [5, 5.41) is 7.59. The average Bonchev–Trinajstić information content (AvgIpc) is 3.40. The van der Waals surface area contributed by atoms with Crippen molar-refractivity contribution in [3.63, 3.8) is 0 Å². The minimum Gasteiger partial charge on any atom is -0.337 e. The number of hydrogen-bond donors (Lipinski definition) is 0. The van der Waals surface area contributed by atoms with Crippen LogP contribution in [0.15, 0.2) is 60.8 Å². The third kappa shape index (κ3) is 3.06. The summed E-state index contributed by atoms with van der Waals surface area (Å²) in [5.74, 6) is 0.129. The van der Waals surface area contributed by atoms with E-state index < -0.39 is 0 Å². The maximum Gasteiger partial charge on any atom is 0.254 e. The molecule has 1 fully saturated rings. The molecule has 152 valence electrons. The fraction of sp³-hybridized carbons (Fsp3) is 0.280. The maximum absolute atomic E-state index is 13.4. The molecule has 0 spiro atoms. The van der Waals surface area contributed by atoms with E-state index in [0.717, 1.165) is 57.9 Å². The number of aromatic nitrogens is 2. The van der Waals surface area contributed by atoms with Gasteiger partial charge in [0.05, 0.1) is 11.7 Å². The third-order valence-electron chi connectivity index (χ3n) is 6.39. The van der Waals surface area contributed by atoms with E-state index in [0.29, 0.717) is 6.04 Å². The van der Waals surface area contributed by atoms with E-state index in [9.17, 15) is 4.79 Å². The highest BCUT2D eigenvalue weighted by atomic mass is 16.2. The fourth-order valence-corrected chi connectivity index (χ4v) is 4.59. The van der Waals surface area contributed by atoms with Crippen LogP contribution >= 0.6 is 0 Å². The summed E-state index contributed by atoms with van der Waals surface area (Å²) in [5.41, 5.74) is 4.18. The Labute approximate surface area is 176 Å². The van der Waals surface area contributed by atoms with Gasteiger partial charge >= 0.3 is 0 Å². The highest BCUT2D eigenvalue weighted by Gasteiger charge is 2.29. The zero-order valence-electron chi connectivity index (χ0n) is 17.7. The highest BCUT2D eigenvalue weighted by Crippen LogP contribution is 2.33. The number of carbonyl (C=O) groups excluding carboxylic acids is 1. The molecule has 0 aliphatic carbocycles. The van der Waals surface area contributed by atoms with Gasteiger partial charge in [-0.25, -0.2) is 0 Å². The number of nitrogens with zero attached hydrogens (tertiary/aromatic N) is 4. The lowest BCUT2D eigenvalue weighted by atomic mass is 9.94. The smallest absolute Gasteiger partial charge is 0.254 e. The first-order valence-corrected chi connectivity index (χ1v) is 10.4. The van der Waals surface area contributed by atoms with Gasteiger partial charge in [-0.3, -0.25) is 9.48 Å². The van der Waals surface area contributed by atoms with E-state index in [1.54, 1.807) is 0 Å². The maximum atomic E-state index is 13.4. The second-order valence-electron chi connectivity index (χ2n) is 8.41. The number of benzene rings is 3. The van der Waals surface area contributed by atoms with Gasteiger partial charge in [0, 0.05) is 37.1 Å². The molecule has 5 nitrogen and oxygen atoms in total. The van der Waals surface area contributed by atoms with Gasteiger partial charge in [-0.1, -0.05) is 36.4 Å². The van der Waals surface area contributed by atoms with Crippen LogP contribution in [0.4, 0.5) is 0 Å². The normalized spacial score (nSPS) is 16.8. The molecular formula is C25H26N4O. The van der Waals surface area contributed by atoms with Gasteiger partial charge in [0.25, 0.3) is 5.91 Å². The van der Waals surface area contributed by atoms with E-state index in [1.807, 2.05) is 41.0 Å². The zero-order valence-corrected chi connectivity index (χ0v) is 17.7. The van der Waals surface area contributed by atoms with Gasteiger partial charge in [0.1, 0.15) is 0 Å². The number of fused-ring (bicyclic) bond motifs is 2. The molecule has 0 radical (unpaired) electrons. The number of likely N-dealkylation sites (N-methyl/N-ethyl adjacent to an activating group) is 1. The highest BCUT2D eigenvalue weighted by molar-refractivity contribution is 6.11. The predicted molar refractivity (Wildman–Crippen MR) is 122 cm³/mol. The van der Waals surface area contributed by atoms with Crippen LogP contribution in [0.5, 0.6) is 0 Å². The van der Waals surface area contributed by atoms with Crippen molar-refractivity contribution in [1.82, 2.24) is 19.6 Å². The SMILES string of the molecule is CN(C)C1CCN(C(=O)c2ccc(-c3ccc4c(cnn4C)c3)c3ccccc23)C1. The largest absolute Gasteiger partial charge is 0.337 e. The molecule has 5 heteroatoms. The Hall–Kier alpha value is -3.18. The van der Waals surface area contributed by atoms with E-state index in [1.165, 1.54) is 0 Å². The molecule has 1 atom stereocenters. The predicted octanol–water partition coefficient (Wildman–Crippen LogP) is 4.17. The van der Waals surface area contributed by atoms with Crippen LogP contribution in [0.1, 0.15) is 16.8 Å². The molecule has 0 N–H and O–H groups in total. The van der Waals surface area contributed by atoms with E-state index in [4.69, 9.17) is 0 Å².